The maximum Gasteiger partial charge on any atom is 0.407 e. The second-order valence-electron chi connectivity index (χ2n) is 8.31. The lowest BCUT2D eigenvalue weighted by Gasteiger charge is -2.24. The minimum Gasteiger partial charge on any atom is -0.444 e. The summed E-state index contributed by atoms with van der Waals surface area (Å²) in [6.45, 7) is 8.91. The van der Waals surface area contributed by atoms with E-state index in [1.807, 2.05) is 55.8 Å². The molecule has 1 atom stereocenters. The van der Waals surface area contributed by atoms with Crippen LogP contribution in [0.3, 0.4) is 0 Å². The highest BCUT2D eigenvalue weighted by Crippen LogP contribution is 2.07. The number of aliphatic imine (C=N–C) groups is 1. The van der Waals surface area contributed by atoms with Crippen LogP contribution >= 0.6 is 24.0 Å². The number of alkyl carbamates (subject to hydrolysis) is 1. The highest BCUT2D eigenvalue weighted by molar-refractivity contribution is 14.0. The number of carbonyl (C=O) groups excluding carboxylic acids is 1. The van der Waals surface area contributed by atoms with E-state index in [2.05, 4.69) is 32.9 Å². The first kappa shape index (κ1) is 27.0. The van der Waals surface area contributed by atoms with Gasteiger partial charge >= 0.3 is 6.09 Å². The molecule has 0 fully saturated rings. The maximum atomic E-state index is 12.0. The van der Waals surface area contributed by atoms with E-state index in [0.29, 0.717) is 19.0 Å². The molecule has 0 spiro atoms. The largest absolute Gasteiger partial charge is 0.444 e. The van der Waals surface area contributed by atoms with Crippen LogP contribution in [0.15, 0.2) is 35.6 Å². The van der Waals surface area contributed by atoms with Crippen LogP contribution in [0.4, 0.5) is 4.79 Å². The zero-order valence-corrected chi connectivity index (χ0v) is 21.6. The molecule has 0 saturated heterocycles. The van der Waals surface area contributed by atoms with E-state index in [4.69, 9.17) is 4.74 Å². The van der Waals surface area contributed by atoms with Gasteiger partial charge in [0.1, 0.15) is 11.2 Å². The SMILES string of the molecule is CCCCC(CNC(=O)OC(C)(C)C)NC(=NC)NCCc1cn2ccccc2n1.I. The zero-order valence-electron chi connectivity index (χ0n) is 19.3. The number of fused-ring (bicyclic) bond motifs is 1. The molecule has 31 heavy (non-hydrogen) atoms. The number of pyridine rings is 1. The molecule has 1 amide bonds. The number of hydrogen-bond acceptors (Lipinski definition) is 4. The molecule has 0 bridgehead atoms. The molecule has 0 aliphatic heterocycles. The minimum atomic E-state index is -0.508. The molecule has 0 saturated carbocycles. The Morgan fingerprint density at radius 1 is 1.29 bits per heavy atom. The highest BCUT2D eigenvalue weighted by atomic mass is 127. The van der Waals surface area contributed by atoms with E-state index in [1.165, 1.54) is 0 Å². The van der Waals surface area contributed by atoms with Gasteiger partial charge in [0.05, 0.1) is 5.69 Å². The fourth-order valence-electron chi connectivity index (χ4n) is 3.00. The third-order valence-corrected chi connectivity index (χ3v) is 4.45. The van der Waals surface area contributed by atoms with Crippen molar-refractivity contribution in [3.63, 3.8) is 0 Å². The summed E-state index contributed by atoms with van der Waals surface area (Å²) in [5.41, 5.74) is 1.47. The van der Waals surface area contributed by atoms with Crippen molar-refractivity contribution in [2.45, 2.75) is 65.0 Å². The summed E-state index contributed by atoms with van der Waals surface area (Å²) < 4.78 is 7.35. The van der Waals surface area contributed by atoms with E-state index >= 15 is 0 Å². The molecule has 0 aliphatic carbocycles. The number of nitrogens with zero attached hydrogens (tertiary/aromatic N) is 3. The third kappa shape index (κ3) is 10.2. The molecular formula is C22H37IN6O2. The fourth-order valence-corrected chi connectivity index (χ4v) is 3.00. The number of amides is 1. The van der Waals surface area contributed by atoms with Gasteiger partial charge in [-0.3, -0.25) is 4.99 Å². The lowest BCUT2D eigenvalue weighted by Crippen LogP contribution is -2.49. The van der Waals surface area contributed by atoms with Gasteiger partial charge in [0, 0.05) is 45.0 Å². The van der Waals surface area contributed by atoms with Gasteiger partial charge in [-0.2, -0.15) is 0 Å². The normalized spacial score (nSPS) is 12.7. The van der Waals surface area contributed by atoms with E-state index in [1.54, 1.807) is 7.05 Å². The molecule has 8 nitrogen and oxygen atoms in total. The number of unbranched alkanes of at least 4 members (excludes halogenated alkanes) is 1. The summed E-state index contributed by atoms with van der Waals surface area (Å²) in [6, 6.07) is 6.04. The van der Waals surface area contributed by atoms with Crippen molar-refractivity contribution < 1.29 is 9.53 Å². The molecule has 2 aromatic rings. The van der Waals surface area contributed by atoms with Crippen molar-refractivity contribution in [2.75, 3.05) is 20.1 Å². The van der Waals surface area contributed by atoms with Crippen LogP contribution in [0.5, 0.6) is 0 Å². The van der Waals surface area contributed by atoms with Crippen molar-refractivity contribution in [1.82, 2.24) is 25.3 Å². The zero-order chi connectivity index (χ0) is 22.0. The average molecular weight is 544 g/mol. The lowest BCUT2D eigenvalue weighted by atomic mass is 10.1. The summed E-state index contributed by atoms with van der Waals surface area (Å²) >= 11 is 0. The van der Waals surface area contributed by atoms with Crippen molar-refractivity contribution in [1.29, 1.82) is 0 Å². The van der Waals surface area contributed by atoms with Crippen molar-refractivity contribution in [3.05, 3.63) is 36.3 Å². The van der Waals surface area contributed by atoms with E-state index < -0.39 is 11.7 Å². The predicted molar refractivity (Wildman–Crippen MR) is 136 cm³/mol. The number of nitrogens with one attached hydrogen (secondary N) is 3. The molecule has 9 heteroatoms. The fraction of sp³-hybridized carbons (Fsp3) is 0.591. The molecule has 0 radical (unpaired) electrons. The lowest BCUT2D eigenvalue weighted by molar-refractivity contribution is 0.0523. The third-order valence-electron chi connectivity index (χ3n) is 4.45. The molecule has 2 aromatic heterocycles. The van der Waals surface area contributed by atoms with Gasteiger partial charge in [-0.15, -0.1) is 24.0 Å². The Hall–Kier alpha value is -2.04. The van der Waals surface area contributed by atoms with Gasteiger partial charge in [-0.05, 0) is 39.3 Å². The maximum absolute atomic E-state index is 12.0. The van der Waals surface area contributed by atoms with Crippen LogP contribution in [0.2, 0.25) is 0 Å². The molecule has 3 N–H and O–H groups in total. The van der Waals surface area contributed by atoms with Crippen LogP contribution in [0.1, 0.15) is 52.7 Å². The van der Waals surface area contributed by atoms with E-state index in [-0.39, 0.29) is 30.0 Å². The van der Waals surface area contributed by atoms with Gasteiger partial charge < -0.3 is 25.1 Å². The van der Waals surface area contributed by atoms with Crippen molar-refractivity contribution in [3.8, 4) is 0 Å². The second kappa shape index (κ2) is 13.4. The molecule has 174 valence electrons. The summed E-state index contributed by atoms with van der Waals surface area (Å²) in [4.78, 5) is 20.9. The van der Waals surface area contributed by atoms with E-state index in [0.717, 1.165) is 37.0 Å². The Morgan fingerprint density at radius 3 is 2.71 bits per heavy atom. The number of guanidine groups is 1. The van der Waals surface area contributed by atoms with Gasteiger partial charge in [0.15, 0.2) is 5.96 Å². The number of hydrogen-bond donors (Lipinski definition) is 3. The minimum absolute atomic E-state index is 0. The molecule has 2 rings (SSSR count). The first-order valence-electron chi connectivity index (χ1n) is 10.7. The topological polar surface area (TPSA) is 92.0 Å². The average Bonchev–Trinajstić information content (AvgIpc) is 3.10. The standard InChI is InChI=1S/C22H36N6O2.HI/c1-6-7-10-17(15-25-21(29)30-22(2,3)4)27-20(23-5)24-13-12-18-16-28-14-9-8-11-19(28)26-18;/h8-9,11,14,16-17H,6-7,10,12-13,15H2,1-5H3,(H,25,29)(H2,23,24,27);1H. The monoisotopic (exact) mass is 544 g/mol. The van der Waals surface area contributed by atoms with Gasteiger partial charge in [-0.1, -0.05) is 25.8 Å². The summed E-state index contributed by atoms with van der Waals surface area (Å²) in [7, 11) is 1.75. The van der Waals surface area contributed by atoms with Crippen molar-refractivity contribution in [2.24, 2.45) is 4.99 Å². The summed E-state index contributed by atoms with van der Waals surface area (Å²) in [5, 5.41) is 9.61. The number of imidazole rings is 1. The number of ether oxygens (including phenoxy) is 1. The summed E-state index contributed by atoms with van der Waals surface area (Å²) in [6.07, 6.45) is 7.51. The smallest absolute Gasteiger partial charge is 0.407 e. The van der Waals surface area contributed by atoms with Crippen LogP contribution in [0.25, 0.3) is 5.65 Å². The Bertz CT molecular complexity index is 798. The Kier molecular flexibility index (Phi) is 11.7. The second-order valence-corrected chi connectivity index (χ2v) is 8.31. The van der Waals surface area contributed by atoms with Crippen LogP contribution in [-0.4, -0.2) is 53.2 Å². The number of rotatable bonds is 9. The van der Waals surface area contributed by atoms with E-state index in [9.17, 15) is 4.79 Å². The number of halogens is 1. The van der Waals surface area contributed by atoms with Gasteiger partial charge in [0.25, 0.3) is 0 Å². The van der Waals surface area contributed by atoms with Crippen LogP contribution in [0, 0.1) is 0 Å². The van der Waals surface area contributed by atoms with Gasteiger partial charge in [0.2, 0.25) is 0 Å². The quantitative estimate of drug-likeness (QED) is 0.254. The van der Waals surface area contributed by atoms with Gasteiger partial charge in [-0.25, -0.2) is 9.78 Å². The molecular weight excluding hydrogens is 507 g/mol. The molecule has 0 aromatic carbocycles. The highest BCUT2D eigenvalue weighted by Gasteiger charge is 2.18. The molecule has 1 unspecified atom stereocenters. The molecule has 2 heterocycles. The molecule has 0 aliphatic rings. The van der Waals surface area contributed by atoms with Crippen LogP contribution in [-0.2, 0) is 11.2 Å². The van der Waals surface area contributed by atoms with Crippen LogP contribution < -0.4 is 16.0 Å². The predicted octanol–water partition coefficient (Wildman–Crippen LogP) is 3.74. The first-order valence-corrected chi connectivity index (χ1v) is 10.7. The van der Waals surface area contributed by atoms with Crippen molar-refractivity contribution >= 4 is 41.7 Å². The Balaban J connectivity index is 0.00000480. The summed E-state index contributed by atoms with van der Waals surface area (Å²) in [5.74, 6) is 0.714. The number of carbonyl (C=O) groups is 1. The Morgan fingerprint density at radius 2 is 2.06 bits per heavy atom. The first-order chi connectivity index (χ1) is 14.3. The Labute approximate surface area is 202 Å². The number of aromatic nitrogens is 2.